The Hall–Kier alpha value is -1.49. The van der Waals surface area contributed by atoms with E-state index in [4.69, 9.17) is 0 Å². The second-order valence-corrected chi connectivity index (χ2v) is 5.12. The molecule has 0 spiro atoms. The topological polar surface area (TPSA) is 23.6 Å². The van der Waals surface area contributed by atoms with Crippen LogP contribution < -0.4 is 0 Å². The summed E-state index contributed by atoms with van der Waals surface area (Å²) in [6.07, 6.45) is 1.73. The molecule has 0 aromatic heterocycles. The van der Waals surface area contributed by atoms with Gasteiger partial charge in [-0.15, -0.1) is 0 Å². The highest BCUT2D eigenvalue weighted by Crippen LogP contribution is 2.19. The summed E-state index contributed by atoms with van der Waals surface area (Å²) in [6.45, 7) is 0.829. The first-order valence-electron chi connectivity index (χ1n) is 6.38. The summed E-state index contributed by atoms with van der Waals surface area (Å²) in [6, 6.07) is 3.33. The SMILES string of the molecule is CN(C)C1CCCN(Cc2ccc(F)cc2F)C1=O. The number of likely N-dealkylation sites (N-methyl/N-ethyl adjacent to an activating group) is 1. The molecule has 1 aromatic rings. The Bertz CT molecular complexity index is 477. The standard InChI is InChI=1S/C14H18F2N2O/c1-17(2)13-4-3-7-18(14(13)19)9-10-5-6-11(15)8-12(10)16/h5-6,8,13H,3-4,7,9H2,1-2H3. The zero-order valence-corrected chi connectivity index (χ0v) is 11.2. The van der Waals surface area contributed by atoms with Gasteiger partial charge in [-0.25, -0.2) is 8.78 Å². The molecule has 3 nitrogen and oxygen atoms in total. The van der Waals surface area contributed by atoms with Crippen molar-refractivity contribution in [3.63, 3.8) is 0 Å². The zero-order valence-electron chi connectivity index (χ0n) is 11.2. The van der Waals surface area contributed by atoms with Crippen LogP contribution in [0, 0.1) is 11.6 Å². The summed E-state index contributed by atoms with van der Waals surface area (Å²) < 4.78 is 26.4. The molecule has 1 aromatic carbocycles. The van der Waals surface area contributed by atoms with Crippen molar-refractivity contribution in [2.45, 2.75) is 25.4 Å². The number of nitrogens with zero attached hydrogens (tertiary/aromatic N) is 2. The molecule has 1 aliphatic heterocycles. The molecule has 1 atom stereocenters. The first-order valence-corrected chi connectivity index (χ1v) is 6.38. The van der Waals surface area contributed by atoms with Gasteiger partial charge in [0.05, 0.1) is 6.04 Å². The number of amides is 1. The Morgan fingerprint density at radius 3 is 2.74 bits per heavy atom. The van der Waals surface area contributed by atoms with Crippen molar-refractivity contribution in [3.8, 4) is 0 Å². The number of likely N-dealkylation sites (tertiary alicyclic amines) is 1. The van der Waals surface area contributed by atoms with Gasteiger partial charge in [0.15, 0.2) is 0 Å². The third-order valence-corrected chi connectivity index (χ3v) is 3.50. The molecule has 0 saturated carbocycles. The summed E-state index contributed by atoms with van der Waals surface area (Å²) in [4.78, 5) is 15.8. The fourth-order valence-electron chi connectivity index (χ4n) is 2.41. The van der Waals surface area contributed by atoms with Crippen LogP contribution in [0.5, 0.6) is 0 Å². The molecule has 0 bridgehead atoms. The van der Waals surface area contributed by atoms with Gasteiger partial charge in [0.25, 0.3) is 0 Å². The van der Waals surface area contributed by atoms with Gasteiger partial charge in [-0.1, -0.05) is 6.07 Å². The van der Waals surface area contributed by atoms with Crippen LogP contribution in [0.4, 0.5) is 8.78 Å². The molecule has 1 fully saturated rings. The number of hydrogen-bond acceptors (Lipinski definition) is 2. The summed E-state index contributed by atoms with van der Waals surface area (Å²) in [5.74, 6) is -1.18. The van der Waals surface area contributed by atoms with E-state index >= 15 is 0 Å². The second-order valence-electron chi connectivity index (χ2n) is 5.12. The van der Waals surface area contributed by atoms with E-state index in [0.29, 0.717) is 12.1 Å². The minimum atomic E-state index is -0.600. The third-order valence-electron chi connectivity index (χ3n) is 3.50. The summed E-state index contributed by atoms with van der Waals surface area (Å²) in [7, 11) is 3.73. The molecule has 1 amide bonds. The number of piperidine rings is 1. The molecule has 2 rings (SSSR count). The maximum absolute atomic E-state index is 13.6. The van der Waals surface area contributed by atoms with Gasteiger partial charge in [-0.3, -0.25) is 9.69 Å². The summed E-state index contributed by atoms with van der Waals surface area (Å²) in [5, 5.41) is 0. The largest absolute Gasteiger partial charge is 0.337 e. The van der Waals surface area contributed by atoms with Crippen LogP contribution in [0.1, 0.15) is 18.4 Å². The smallest absolute Gasteiger partial charge is 0.240 e. The van der Waals surface area contributed by atoms with Gasteiger partial charge in [0, 0.05) is 24.7 Å². The minimum absolute atomic E-state index is 0.0139. The van der Waals surface area contributed by atoms with Gasteiger partial charge >= 0.3 is 0 Å². The summed E-state index contributed by atoms with van der Waals surface area (Å²) >= 11 is 0. The van der Waals surface area contributed by atoms with Crippen LogP contribution in [0.25, 0.3) is 0 Å². The Balaban J connectivity index is 2.12. The van der Waals surface area contributed by atoms with Crippen LogP contribution in [0.15, 0.2) is 18.2 Å². The van der Waals surface area contributed by atoms with Crippen molar-refractivity contribution in [3.05, 3.63) is 35.4 Å². The normalized spacial score (nSPS) is 20.2. The van der Waals surface area contributed by atoms with Crippen LogP contribution >= 0.6 is 0 Å². The lowest BCUT2D eigenvalue weighted by atomic mass is 10.0. The highest BCUT2D eigenvalue weighted by atomic mass is 19.1. The molecule has 1 heterocycles. The Morgan fingerprint density at radius 1 is 1.37 bits per heavy atom. The Morgan fingerprint density at radius 2 is 2.11 bits per heavy atom. The second kappa shape index (κ2) is 5.65. The van der Waals surface area contributed by atoms with E-state index in [1.807, 2.05) is 19.0 Å². The van der Waals surface area contributed by atoms with Crippen molar-refractivity contribution in [2.75, 3.05) is 20.6 Å². The molecule has 0 aliphatic carbocycles. The molecule has 1 unspecified atom stereocenters. The number of rotatable bonds is 3. The molecule has 1 aliphatic rings. The van der Waals surface area contributed by atoms with E-state index < -0.39 is 11.6 Å². The number of hydrogen-bond donors (Lipinski definition) is 0. The van der Waals surface area contributed by atoms with Crippen LogP contribution in [-0.4, -0.2) is 42.4 Å². The van der Waals surface area contributed by atoms with Crippen molar-refractivity contribution >= 4 is 5.91 Å². The van der Waals surface area contributed by atoms with Crippen LogP contribution in [0.3, 0.4) is 0 Å². The van der Waals surface area contributed by atoms with Crippen LogP contribution in [0.2, 0.25) is 0 Å². The van der Waals surface area contributed by atoms with Crippen molar-refractivity contribution in [2.24, 2.45) is 0 Å². The van der Waals surface area contributed by atoms with Gasteiger partial charge in [0.1, 0.15) is 11.6 Å². The fraction of sp³-hybridized carbons (Fsp3) is 0.500. The van der Waals surface area contributed by atoms with Crippen LogP contribution in [-0.2, 0) is 11.3 Å². The van der Waals surface area contributed by atoms with Crippen molar-refractivity contribution in [1.82, 2.24) is 9.80 Å². The van der Waals surface area contributed by atoms with Gasteiger partial charge in [-0.2, -0.15) is 0 Å². The Kier molecular flexibility index (Phi) is 4.14. The van der Waals surface area contributed by atoms with Crippen molar-refractivity contribution in [1.29, 1.82) is 0 Å². The third kappa shape index (κ3) is 3.10. The number of carbonyl (C=O) groups excluding carboxylic acids is 1. The maximum Gasteiger partial charge on any atom is 0.240 e. The predicted octanol–water partition coefficient (Wildman–Crippen LogP) is 2.02. The molecular weight excluding hydrogens is 250 g/mol. The first-order chi connectivity index (χ1) is 8.99. The van der Waals surface area contributed by atoms with Gasteiger partial charge in [-0.05, 0) is 33.0 Å². The summed E-state index contributed by atoms with van der Waals surface area (Å²) in [5.41, 5.74) is 0.356. The van der Waals surface area contributed by atoms with E-state index in [9.17, 15) is 13.6 Å². The average molecular weight is 268 g/mol. The highest BCUT2D eigenvalue weighted by molar-refractivity contribution is 5.82. The maximum atomic E-state index is 13.6. The number of carbonyl (C=O) groups is 1. The van der Waals surface area contributed by atoms with E-state index in [0.717, 1.165) is 18.9 Å². The molecule has 19 heavy (non-hydrogen) atoms. The molecule has 1 saturated heterocycles. The van der Waals surface area contributed by atoms with E-state index in [2.05, 4.69) is 0 Å². The molecular formula is C14H18F2N2O. The number of benzene rings is 1. The highest BCUT2D eigenvalue weighted by Gasteiger charge is 2.30. The quantitative estimate of drug-likeness (QED) is 0.837. The first kappa shape index (κ1) is 13.9. The molecule has 0 N–H and O–H groups in total. The van der Waals surface area contributed by atoms with Crippen molar-refractivity contribution < 1.29 is 13.6 Å². The fourth-order valence-corrected chi connectivity index (χ4v) is 2.41. The predicted molar refractivity (Wildman–Crippen MR) is 68.5 cm³/mol. The number of halogens is 2. The van der Waals surface area contributed by atoms with E-state index in [-0.39, 0.29) is 18.5 Å². The average Bonchev–Trinajstić information content (AvgIpc) is 2.34. The monoisotopic (exact) mass is 268 g/mol. The van der Waals surface area contributed by atoms with E-state index in [1.54, 1.807) is 4.90 Å². The lowest BCUT2D eigenvalue weighted by Gasteiger charge is -2.35. The van der Waals surface area contributed by atoms with Gasteiger partial charge < -0.3 is 4.90 Å². The lowest BCUT2D eigenvalue weighted by molar-refractivity contribution is -0.139. The van der Waals surface area contributed by atoms with E-state index in [1.165, 1.54) is 12.1 Å². The zero-order chi connectivity index (χ0) is 14.0. The molecule has 5 heteroatoms. The minimum Gasteiger partial charge on any atom is -0.337 e. The molecule has 0 radical (unpaired) electrons. The lowest BCUT2D eigenvalue weighted by Crippen LogP contribution is -2.49. The van der Waals surface area contributed by atoms with Gasteiger partial charge in [0.2, 0.25) is 5.91 Å². The Labute approximate surface area is 111 Å². The molecule has 104 valence electrons.